The smallest absolute Gasteiger partial charge is 0.237 e. The number of carbonyl (C=O) groups is 1. The molecule has 1 saturated heterocycles. The third-order valence-corrected chi connectivity index (χ3v) is 3.67. The van der Waals surface area contributed by atoms with Crippen LogP contribution in [-0.4, -0.2) is 48.2 Å². The van der Waals surface area contributed by atoms with Crippen molar-refractivity contribution in [3.63, 3.8) is 0 Å². The van der Waals surface area contributed by atoms with Gasteiger partial charge in [-0.3, -0.25) is 4.79 Å². The molecule has 1 aromatic carbocycles. The Morgan fingerprint density at radius 3 is 2.81 bits per heavy atom. The SMILES string of the molecule is CN(CC1CCCO1)C(=O)C(C(N)=NO)c1ccccc1. The Hall–Kier alpha value is -2.08. The van der Waals surface area contributed by atoms with Crippen molar-refractivity contribution in [2.45, 2.75) is 24.9 Å². The van der Waals surface area contributed by atoms with Gasteiger partial charge in [0.1, 0.15) is 5.92 Å². The van der Waals surface area contributed by atoms with Crippen molar-refractivity contribution in [1.29, 1.82) is 0 Å². The molecule has 6 nitrogen and oxygen atoms in total. The quantitative estimate of drug-likeness (QED) is 0.369. The monoisotopic (exact) mass is 291 g/mol. The number of hydrogen-bond donors (Lipinski definition) is 2. The Morgan fingerprint density at radius 2 is 2.24 bits per heavy atom. The number of carbonyl (C=O) groups excluding carboxylic acids is 1. The molecule has 0 saturated carbocycles. The van der Waals surface area contributed by atoms with E-state index in [2.05, 4.69) is 5.16 Å². The van der Waals surface area contributed by atoms with Crippen molar-refractivity contribution < 1.29 is 14.7 Å². The van der Waals surface area contributed by atoms with E-state index in [1.807, 2.05) is 18.2 Å². The molecule has 114 valence electrons. The molecule has 0 aromatic heterocycles. The molecule has 1 fully saturated rings. The van der Waals surface area contributed by atoms with E-state index in [0.717, 1.165) is 19.4 Å². The maximum atomic E-state index is 12.6. The number of nitrogens with zero attached hydrogens (tertiary/aromatic N) is 2. The summed E-state index contributed by atoms with van der Waals surface area (Å²) in [6.07, 6.45) is 2.05. The van der Waals surface area contributed by atoms with Crippen LogP contribution in [-0.2, 0) is 9.53 Å². The van der Waals surface area contributed by atoms with Gasteiger partial charge in [0.05, 0.1) is 6.10 Å². The number of amidine groups is 1. The predicted molar refractivity (Wildman–Crippen MR) is 79.2 cm³/mol. The lowest BCUT2D eigenvalue weighted by molar-refractivity contribution is -0.131. The summed E-state index contributed by atoms with van der Waals surface area (Å²) in [7, 11) is 1.71. The highest BCUT2D eigenvalue weighted by Crippen LogP contribution is 2.20. The summed E-state index contributed by atoms with van der Waals surface area (Å²) >= 11 is 0. The van der Waals surface area contributed by atoms with E-state index in [4.69, 9.17) is 15.7 Å². The predicted octanol–water partition coefficient (Wildman–Crippen LogP) is 1.15. The van der Waals surface area contributed by atoms with Crippen molar-refractivity contribution in [3.05, 3.63) is 35.9 Å². The molecular weight excluding hydrogens is 270 g/mol. The van der Waals surface area contributed by atoms with E-state index in [9.17, 15) is 4.79 Å². The Balaban J connectivity index is 2.14. The highest BCUT2D eigenvalue weighted by atomic mass is 16.5. The lowest BCUT2D eigenvalue weighted by Gasteiger charge is -2.25. The number of amides is 1. The van der Waals surface area contributed by atoms with E-state index < -0.39 is 5.92 Å². The second kappa shape index (κ2) is 7.08. The van der Waals surface area contributed by atoms with Gasteiger partial charge >= 0.3 is 0 Å². The van der Waals surface area contributed by atoms with Crippen LogP contribution in [0, 0.1) is 0 Å². The number of hydrogen-bond acceptors (Lipinski definition) is 4. The number of ether oxygens (including phenoxy) is 1. The second-order valence-corrected chi connectivity index (χ2v) is 5.22. The topological polar surface area (TPSA) is 88.2 Å². The van der Waals surface area contributed by atoms with Gasteiger partial charge in [-0.05, 0) is 18.4 Å². The molecule has 21 heavy (non-hydrogen) atoms. The highest BCUT2D eigenvalue weighted by molar-refractivity contribution is 6.07. The van der Waals surface area contributed by atoms with E-state index in [0.29, 0.717) is 12.1 Å². The summed E-state index contributed by atoms with van der Waals surface area (Å²) in [6.45, 7) is 1.26. The van der Waals surface area contributed by atoms with Crippen LogP contribution in [0.5, 0.6) is 0 Å². The summed E-state index contributed by atoms with van der Waals surface area (Å²) in [5.74, 6) is -1.08. The molecule has 1 aliphatic rings. The normalized spacial score (nSPS) is 20.2. The average molecular weight is 291 g/mol. The zero-order chi connectivity index (χ0) is 15.2. The van der Waals surface area contributed by atoms with Gasteiger partial charge in [-0.1, -0.05) is 35.5 Å². The Labute approximate surface area is 124 Å². The van der Waals surface area contributed by atoms with E-state index in [1.165, 1.54) is 0 Å². The zero-order valence-corrected chi connectivity index (χ0v) is 12.1. The van der Waals surface area contributed by atoms with Crippen LogP contribution in [0.1, 0.15) is 24.3 Å². The number of rotatable bonds is 5. The van der Waals surface area contributed by atoms with E-state index in [-0.39, 0.29) is 17.8 Å². The van der Waals surface area contributed by atoms with Crippen molar-refractivity contribution in [3.8, 4) is 0 Å². The summed E-state index contributed by atoms with van der Waals surface area (Å²) in [5, 5.41) is 12.0. The van der Waals surface area contributed by atoms with Crippen molar-refractivity contribution in [2.24, 2.45) is 10.9 Å². The lowest BCUT2D eigenvalue weighted by atomic mass is 9.96. The number of oxime groups is 1. The molecule has 0 spiro atoms. The van der Waals surface area contributed by atoms with Gasteiger partial charge in [0.15, 0.2) is 5.84 Å². The zero-order valence-electron chi connectivity index (χ0n) is 12.1. The van der Waals surface area contributed by atoms with Gasteiger partial charge in [0.25, 0.3) is 0 Å². The second-order valence-electron chi connectivity index (χ2n) is 5.22. The van der Waals surface area contributed by atoms with Crippen LogP contribution in [0.15, 0.2) is 35.5 Å². The van der Waals surface area contributed by atoms with Gasteiger partial charge in [-0.15, -0.1) is 0 Å². The van der Waals surface area contributed by atoms with Gasteiger partial charge in [-0.25, -0.2) is 0 Å². The summed E-state index contributed by atoms with van der Waals surface area (Å²) < 4.78 is 5.54. The fourth-order valence-corrected chi connectivity index (χ4v) is 2.55. The molecule has 1 aliphatic heterocycles. The molecule has 0 bridgehead atoms. The van der Waals surface area contributed by atoms with Crippen LogP contribution in [0.25, 0.3) is 0 Å². The lowest BCUT2D eigenvalue weighted by Crippen LogP contribution is -2.41. The maximum absolute atomic E-state index is 12.6. The van der Waals surface area contributed by atoms with Crippen LogP contribution in [0.2, 0.25) is 0 Å². The minimum Gasteiger partial charge on any atom is -0.409 e. The fourth-order valence-electron chi connectivity index (χ4n) is 2.55. The van der Waals surface area contributed by atoms with Crippen molar-refractivity contribution >= 4 is 11.7 Å². The number of nitrogens with two attached hydrogens (primary N) is 1. The molecule has 2 atom stereocenters. The van der Waals surface area contributed by atoms with E-state index >= 15 is 0 Å². The number of likely N-dealkylation sites (N-methyl/N-ethyl adjacent to an activating group) is 1. The first-order chi connectivity index (χ1) is 10.1. The molecule has 2 unspecified atom stereocenters. The third kappa shape index (κ3) is 3.72. The first-order valence-electron chi connectivity index (χ1n) is 7.02. The molecule has 6 heteroatoms. The Kier molecular flexibility index (Phi) is 5.16. The largest absolute Gasteiger partial charge is 0.409 e. The number of benzene rings is 1. The molecule has 1 amide bonds. The summed E-state index contributed by atoms with van der Waals surface area (Å²) in [5.41, 5.74) is 6.42. The molecule has 3 N–H and O–H groups in total. The van der Waals surface area contributed by atoms with Gasteiger partial charge < -0.3 is 20.6 Å². The first kappa shape index (κ1) is 15.3. The highest BCUT2D eigenvalue weighted by Gasteiger charge is 2.30. The summed E-state index contributed by atoms with van der Waals surface area (Å²) in [4.78, 5) is 14.2. The van der Waals surface area contributed by atoms with Crippen LogP contribution < -0.4 is 5.73 Å². The molecular formula is C15H21N3O3. The standard InChI is InChI=1S/C15H21N3O3/c1-18(10-12-8-5-9-21-12)15(19)13(14(16)17-20)11-6-3-2-4-7-11/h2-4,6-7,12-13,20H,5,8-10H2,1H3,(H2,16,17). The summed E-state index contributed by atoms with van der Waals surface area (Å²) in [6, 6.07) is 9.08. The van der Waals surface area contributed by atoms with Crippen LogP contribution in [0.3, 0.4) is 0 Å². The Bertz CT molecular complexity index is 498. The molecule has 1 heterocycles. The van der Waals surface area contributed by atoms with Crippen molar-refractivity contribution in [2.75, 3.05) is 20.2 Å². The minimum atomic E-state index is -0.775. The third-order valence-electron chi connectivity index (χ3n) is 3.67. The van der Waals surface area contributed by atoms with Gasteiger partial charge in [-0.2, -0.15) is 0 Å². The van der Waals surface area contributed by atoms with Crippen molar-refractivity contribution in [1.82, 2.24) is 4.90 Å². The fraction of sp³-hybridized carbons (Fsp3) is 0.467. The molecule has 0 aliphatic carbocycles. The molecule has 1 aromatic rings. The van der Waals surface area contributed by atoms with E-state index in [1.54, 1.807) is 24.1 Å². The molecule has 0 radical (unpaired) electrons. The first-order valence-corrected chi connectivity index (χ1v) is 7.02. The van der Waals surface area contributed by atoms with Gasteiger partial charge in [0.2, 0.25) is 5.91 Å². The Morgan fingerprint density at radius 1 is 1.52 bits per heavy atom. The average Bonchev–Trinajstić information content (AvgIpc) is 3.01. The van der Waals surface area contributed by atoms with Gasteiger partial charge in [0, 0.05) is 20.2 Å². The molecule has 2 rings (SSSR count). The minimum absolute atomic E-state index is 0.0719. The van der Waals surface area contributed by atoms with Crippen LogP contribution in [0.4, 0.5) is 0 Å². The maximum Gasteiger partial charge on any atom is 0.237 e. The van der Waals surface area contributed by atoms with Crippen LogP contribution >= 0.6 is 0 Å².